The number of benzene rings is 2. The summed E-state index contributed by atoms with van der Waals surface area (Å²) in [6, 6.07) is 19.1. The summed E-state index contributed by atoms with van der Waals surface area (Å²) < 4.78 is 19.1. The summed E-state index contributed by atoms with van der Waals surface area (Å²) in [5.41, 5.74) is 1.08. The van der Waals surface area contributed by atoms with Gasteiger partial charge in [-0.3, -0.25) is 4.79 Å². The van der Waals surface area contributed by atoms with E-state index in [-0.39, 0.29) is 18.1 Å². The van der Waals surface area contributed by atoms with Crippen LogP contribution >= 0.6 is 11.3 Å². The molecule has 0 saturated heterocycles. The van der Waals surface area contributed by atoms with Gasteiger partial charge in [-0.1, -0.05) is 48.5 Å². The number of para-hydroxylation sites is 1. The Morgan fingerprint density at radius 1 is 0.970 bits per heavy atom. The quantitative estimate of drug-likeness (QED) is 0.403. The number of carbonyl (C=O) groups excluding carboxylic acids is 2. The molecular formula is C25H28FN3O3S. The molecule has 33 heavy (non-hydrogen) atoms. The number of anilines is 1. The maximum absolute atomic E-state index is 14.0. The van der Waals surface area contributed by atoms with Crippen LogP contribution in [0, 0.1) is 5.82 Å². The van der Waals surface area contributed by atoms with E-state index in [1.165, 1.54) is 17.0 Å². The van der Waals surface area contributed by atoms with Gasteiger partial charge in [0.2, 0.25) is 5.91 Å². The molecule has 0 bridgehead atoms. The molecule has 2 aromatic carbocycles. The molecule has 0 spiro atoms. The molecule has 1 N–H and O–H groups in total. The predicted molar refractivity (Wildman–Crippen MR) is 128 cm³/mol. The molecule has 0 aliphatic carbocycles. The molecule has 0 aliphatic rings. The third kappa shape index (κ3) is 7.69. The molecule has 0 fully saturated rings. The number of urea groups is 1. The summed E-state index contributed by atoms with van der Waals surface area (Å²) in [6.07, 6.45) is 0.554. The summed E-state index contributed by atoms with van der Waals surface area (Å²) in [4.78, 5) is 30.5. The second-order valence-corrected chi connectivity index (χ2v) is 8.52. The molecule has 0 radical (unpaired) electrons. The number of nitrogens with one attached hydrogen (secondary N) is 1. The highest BCUT2D eigenvalue weighted by atomic mass is 32.1. The highest BCUT2D eigenvalue weighted by Crippen LogP contribution is 2.17. The van der Waals surface area contributed by atoms with Crippen molar-refractivity contribution < 1.29 is 18.7 Å². The Kier molecular flexibility index (Phi) is 9.41. The van der Waals surface area contributed by atoms with Gasteiger partial charge >= 0.3 is 6.03 Å². The van der Waals surface area contributed by atoms with Crippen LogP contribution in [0.3, 0.4) is 0 Å². The Balaban J connectivity index is 1.74. The standard InChI is InChI=1S/C25H28FN3O3S/c1-32-15-8-14-28(25(31)27-23-13-6-5-12-22(23)26)19-24(30)29(18-21-11-7-16-33-21)17-20-9-3-2-4-10-20/h2-7,9-13,16H,8,14-15,17-19H2,1H3,(H,27,31). The minimum absolute atomic E-state index is 0.0754. The smallest absolute Gasteiger partial charge is 0.322 e. The topological polar surface area (TPSA) is 61.9 Å². The van der Waals surface area contributed by atoms with E-state index in [1.807, 2.05) is 47.8 Å². The number of ether oxygens (including phenoxy) is 1. The molecule has 1 aromatic heterocycles. The van der Waals surface area contributed by atoms with Crippen molar-refractivity contribution in [2.24, 2.45) is 0 Å². The van der Waals surface area contributed by atoms with E-state index in [0.717, 1.165) is 10.4 Å². The van der Waals surface area contributed by atoms with Crippen LogP contribution in [0.4, 0.5) is 14.9 Å². The Morgan fingerprint density at radius 3 is 2.42 bits per heavy atom. The summed E-state index contributed by atoms with van der Waals surface area (Å²) in [5.74, 6) is -0.717. The lowest BCUT2D eigenvalue weighted by atomic mass is 10.2. The number of hydrogen-bond donors (Lipinski definition) is 1. The van der Waals surface area contributed by atoms with Gasteiger partial charge in [0.05, 0.1) is 12.2 Å². The van der Waals surface area contributed by atoms with Crippen LogP contribution in [0.2, 0.25) is 0 Å². The van der Waals surface area contributed by atoms with Crippen LogP contribution in [0.15, 0.2) is 72.1 Å². The molecule has 0 saturated carbocycles. The normalized spacial score (nSPS) is 10.6. The SMILES string of the molecule is COCCCN(CC(=O)N(Cc1ccccc1)Cc1cccs1)C(=O)Nc1ccccc1F. The van der Waals surface area contributed by atoms with Crippen LogP contribution in [0.1, 0.15) is 16.9 Å². The van der Waals surface area contributed by atoms with Gasteiger partial charge in [-0.05, 0) is 35.6 Å². The Hall–Kier alpha value is -3.23. The fourth-order valence-electron chi connectivity index (χ4n) is 3.30. The van der Waals surface area contributed by atoms with Crippen molar-refractivity contribution in [3.8, 4) is 0 Å². The molecule has 0 atom stereocenters. The molecule has 1 heterocycles. The van der Waals surface area contributed by atoms with Crippen molar-refractivity contribution in [3.63, 3.8) is 0 Å². The fraction of sp³-hybridized carbons (Fsp3) is 0.280. The van der Waals surface area contributed by atoms with Crippen molar-refractivity contribution in [1.29, 1.82) is 0 Å². The van der Waals surface area contributed by atoms with Gasteiger partial charge in [0, 0.05) is 31.7 Å². The number of hydrogen-bond acceptors (Lipinski definition) is 4. The van der Waals surface area contributed by atoms with E-state index in [0.29, 0.717) is 32.7 Å². The van der Waals surface area contributed by atoms with Crippen molar-refractivity contribution >= 4 is 29.0 Å². The van der Waals surface area contributed by atoms with Gasteiger partial charge < -0.3 is 19.9 Å². The first-order chi connectivity index (χ1) is 16.1. The molecule has 174 valence electrons. The number of nitrogens with zero attached hydrogens (tertiary/aromatic N) is 2. The van der Waals surface area contributed by atoms with Gasteiger partial charge in [0.1, 0.15) is 12.4 Å². The van der Waals surface area contributed by atoms with Gasteiger partial charge in [0.25, 0.3) is 0 Å². The van der Waals surface area contributed by atoms with Crippen molar-refractivity contribution in [3.05, 3.63) is 88.4 Å². The van der Waals surface area contributed by atoms with E-state index < -0.39 is 11.8 Å². The van der Waals surface area contributed by atoms with Crippen LogP contribution in [0.5, 0.6) is 0 Å². The first-order valence-corrected chi connectivity index (χ1v) is 11.6. The molecular weight excluding hydrogens is 441 g/mol. The van der Waals surface area contributed by atoms with E-state index in [9.17, 15) is 14.0 Å². The van der Waals surface area contributed by atoms with Gasteiger partial charge in [0.15, 0.2) is 0 Å². The molecule has 3 amide bonds. The lowest BCUT2D eigenvalue weighted by Crippen LogP contribution is -2.44. The highest BCUT2D eigenvalue weighted by Gasteiger charge is 2.22. The lowest BCUT2D eigenvalue weighted by Gasteiger charge is -2.28. The minimum atomic E-state index is -0.530. The zero-order valence-electron chi connectivity index (χ0n) is 18.6. The molecule has 0 unspecified atom stereocenters. The second kappa shape index (κ2) is 12.7. The zero-order valence-corrected chi connectivity index (χ0v) is 19.4. The monoisotopic (exact) mass is 469 g/mol. The average Bonchev–Trinajstić information content (AvgIpc) is 3.33. The Bertz CT molecular complexity index is 1010. The van der Waals surface area contributed by atoms with Gasteiger partial charge in [-0.15, -0.1) is 11.3 Å². The summed E-state index contributed by atoms with van der Waals surface area (Å²) in [5, 5.41) is 4.55. The minimum Gasteiger partial charge on any atom is -0.385 e. The van der Waals surface area contributed by atoms with E-state index in [2.05, 4.69) is 5.32 Å². The van der Waals surface area contributed by atoms with Crippen molar-refractivity contribution in [2.45, 2.75) is 19.5 Å². The lowest BCUT2D eigenvalue weighted by molar-refractivity contribution is -0.133. The largest absolute Gasteiger partial charge is 0.385 e. The molecule has 8 heteroatoms. The van der Waals surface area contributed by atoms with Crippen LogP contribution in [0.25, 0.3) is 0 Å². The van der Waals surface area contributed by atoms with Crippen molar-refractivity contribution in [1.82, 2.24) is 9.80 Å². The van der Waals surface area contributed by atoms with Crippen LogP contribution in [-0.2, 0) is 22.6 Å². The predicted octanol–water partition coefficient (Wildman–Crippen LogP) is 4.99. The first-order valence-electron chi connectivity index (χ1n) is 10.7. The molecule has 3 rings (SSSR count). The molecule has 0 aliphatic heterocycles. The van der Waals surface area contributed by atoms with Gasteiger partial charge in [-0.2, -0.15) is 0 Å². The van der Waals surface area contributed by atoms with E-state index in [4.69, 9.17) is 4.74 Å². The molecule has 3 aromatic rings. The number of amides is 3. The van der Waals surface area contributed by atoms with Gasteiger partial charge in [-0.25, -0.2) is 9.18 Å². The highest BCUT2D eigenvalue weighted by molar-refractivity contribution is 7.09. The number of thiophene rings is 1. The average molecular weight is 470 g/mol. The number of carbonyl (C=O) groups is 2. The summed E-state index contributed by atoms with van der Waals surface area (Å²) >= 11 is 1.58. The summed E-state index contributed by atoms with van der Waals surface area (Å²) in [6.45, 7) is 1.51. The number of halogens is 1. The third-order valence-corrected chi connectivity index (χ3v) is 5.86. The van der Waals surface area contributed by atoms with Crippen LogP contribution in [-0.4, -0.2) is 48.5 Å². The zero-order chi connectivity index (χ0) is 23.5. The van der Waals surface area contributed by atoms with Crippen LogP contribution < -0.4 is 5.32 Å². The second-order valence-electron chi connectivity index (χ2n) is 7.49. The van der Waals surface area contributed by atoms with Crippen molar-refractivity contribution in [2.75, 3.05) is 32.1 Å². The Morgan fingerprint density at radius 2 is 1.73 bits per heavy atom. The summed E-state index contributed by atoms with van der Waals surface area (Å²) in [7, 11) is 1.58. The number of methoxy groups -OCH3 is 1. The maximum Gasteiger partial charge on any atom is 0.322 e. The third-order valence-electron chi connectivity index (χ3n) is 5.00. The fourth-order valence-corrected chi connectivity index (χ4v) is 4.02. The Labute approximate surface area is 197 Å². The first kappa shape index (κ1) is 24.4. The maximum atomic E-state index is 14.0. The number of rotatable bonds is 11. The molecule has 6 nitrogen and oxygen atoms in total. The van der Waals surface area contributed by atoms with E-state index >= 15 is 0 Å². The van der Waals surface area contributed by atoms with E-state index in [1.54, 1.807) is 35.5 Å².